The molecule has 5 heteroatoms. The third-order valence-corrected chi connectivity index (χ3v) is 2.22. The Morgan fingerprint density at radius 3 is 2.62 bits per heavy atom. The van der Waals surface area contributed by atoms with E-state index in [0.29, 0.717) is 5.69 Å². The van der Waals surface area contributed by atoms with Crippen molar-refractivity contribution in [2.45, 2.75) is 0 Å². The summed E-state index contributed by atoms with van der Waals surface area (Å²) in [5, 5.41) is 0. The van der Waals surface area contributed by atoms with Crippen molar-refractivity contribution < 1.29 is 0 Å². The molecule has 0 spiro atoms. The quantitative estimate of drug-likeness (QED) is 0.777. The van der Waals surface area contributed by atoms with Crippen LogP contribution in [0.4, 0.5) is 11.6 Å². The summed E-state index contributed by atoms with van der Waals surface area (Å²) in [6.45, 7) is 0.949. The molecule has 0 fully saturated rings. The van der Waals surface area contributed by atoms with Crippen LogP contribution in [0.1, 0.15) is 0 Å². The third-order valence-electron chi connectivity index (χ3n) is 1.63. The van der Waals surface area contributed by atoms with E-state index in [4.69, 9.17) is 5.73 Å². The van der Waals surface area contributed by atoms with Crippen LogP contribution in [0.25, 0.3) is 0 Å². The molecule has 72 valence electrons. The maximum atomic E-state index is 5.48. The fourth-order valence-electron chi connectivity index (χ4n) is 0.857. The number of rotatable bonds is 4. The topological polar surface area (TPSA) is 55.0 Å². The number of aromatic nitrogens is 2. The van der Waals surface area contributed by atoms with Gasteiger partial charge in [-0.15, -0.1) is 0 Å². The molecule has 0 amide bonds. The molecular formula is C8H14N4S. The molecule has 0 unspecified atom stereocenters. The van der Waals surface area contributed by atoms with Gasteiger partial charge in [-0.25, -0.2) is 9.97 Å². The van der Waals surface area contributed by atoms with Crippen molar-refractivity contribution in [1.82, 2.24) is 9.97 Å². The van der Waals surface area contributed by atoms with Crippen molar-refractivity contribution in [1.29, 1.82) is 0 Å². The molecule has 0 saturated heterocycles. The molecule has 0 aliphatic carbocycles. The SMILES string of the molecule is CSCCN(C)c1ncc(N)cn1. The highest BCUT2D eigenvalue weighted by atomic mass is 32.2. The van der Waals surface area contributed by atoms with Gasteiger partial charge in [0.2, 0.25) is 5.95 Å². The van der Waals surface area contributed by atoms with Gasteiger partial charge in [-0.2, -0.15) is 11.8 Å². The fraction of sp³-hybridized carbons (Fsp3) is 0.500. The standard InChI is InChI=1S/C8H14N4S/c1-12(3-4-13-2)8-10-5-7(9)6-11-8/h5-6H,3-4,9H2,1-2H3. The molecule has 1 aromatic heterocycles. The number of nitrogens with zero attached hydrogens (tertiary/aromatic N) is 3. The highest BCUT2D eigenvalue weighted by Crippen LogP contribution is 2.06. The molecule has 0 aliphatic rings. The highest BCUT2D eigenvalue weighted by Gasteiger charge is 2.01. The number of hydrogen-bond donors (Lipinski definition) is 1. The Labute approximate surface area is 82.6 Å². The van der Waals surface area contributed by atoms with Gasteiger partial charge in [-0.3, -0.25) is 0 Å². The fourth-order valence-corrected chi connectivity index (χ4v) is 1.31. The number of nitrogens with two attached hydrogens (primary N) is 1. The number of nitrogen functional groups attached to an aromatic ring is 1. The monoisotopic (exact) mass is 198 g/mol. The number of thioether (sulfide) groups is 1. The Hall–Kier alpha value is -0.970. The molecule has 2 N–H and O–H groups in total. The average Bonchev–Trinajstić information content (AvgIpc) is 2.15. The van der Waals surface area contributed by atoms with Gasteiger partial charge in [0.05, 0.1) is 18.1 Å². The highest BCUT2D eigenvalue weighted by molar-refractivity contribution is 7.98. The summed E-state index contributed by atoms with van der Waals surface area (Å²) in [5.74, 6) is 1.80. The van der Waals surface area contributed by atoms with Crippen LogP contribution in [0.15, 0.2) is 12.4 Å². The number of anilines is 2. The zero-order valence-electron chi connectivity index (χ0n) is 7.90. The zero-order chi connectivity index (χ0) is 9.68. The summed E-state index contributed by atoms with van der Waals surface area (Å²) in [4.78, 5) is 10.2. The first-order chi connectivity index (χ1) is 6.24. The maximum Gasteiger partial charge on any atom is 0.225 e. The molecule has 0 aliphatic heterocycles. The van der Waals surface area contributed by atoms with Gasteiger partial charge in [0.25, 0.3) is 0 Å². The Balaban J connectivity index is 2.55. The van der Waals surface area contributed by atoms with E-state index in [1.165, 1.54) is 0 Å². The molecule has 13 heavy (non-hydrogen) atoms. The van der Waals surface area contributed by atoms with Gasteiger partial charge in [-0.1, -0.05) is 0 Å². The largest absolute Gasteiger partial charge is 0.396 e. The van der Waals surface area contributed by atoms with Gasteiger partial charge in [0.1, 0.15) is 0 Å². The molecule has 0 aromatic carbocycles. The summed E-state index contributed by atoms with van der Waals surface area (Å²) in [6.07, 6.45) is 5.33. The Morgan fingerprint density at radius 1 is 1.46 bits per heavy atom. The van der Waals surface area contributed by atoms with Gasteiger partial charge in [-0.05, 0) is 6.26 Å². The lowest BCUT2D eigenvalue weighted by Gasteiger charge is -2.15. The first-order valence-corrected chi connectivity index (χ1v) is 5.41. The van der Waals surface area contributed by atoms with E-state index in [-0.39, 0.29) is 0 Å². The van der Waals surface area contributed by atoms with Crippen LogP contribution in [-0.2, 0) is 0 Å². The van der Waals surface area contributed by atoms with Gasteiger partial charge in [0, 0.05) is 19.3 Å². The predicted octanol–water partition coefficient (Wildman–Crippen LogP) is 0.858. The minimum atomic E-state index is 0.599. The van der Waals surface area contributed by atoms with Crippen molar-refractivity contribution in [2.24, 2.45) is 0 Å². The van der Waals surface area contributed by atoms with Crippen molar-refractivity contribution in [3.63, 3.8) is 0 Å². The molecule has 1 aromatic rings. The van der Waals surface area contributed by atoms with Crippen molar-refractivity contribution in [3.05, 3.63) is 12.4 Å². The van der Waals surface area contributed by atoms with E-state index in [1.807, 2.05) is 11.9 Å². The summed E-state index contributed by atoms with van der Waals surface area (Å²) >= 11 is 1.81. The van der Waals surface area contributed by atoms with Crippen LogP contribution >= 0.6 is 11.8 Å². The summed E-state index contributed by atoms with van der Waals surface area (Å²) in [5.41, 5.74) is 6.08. The van der Waals surface area contributed by atoms with Gasteiger partial charge >= 0.3 is 0 Å². The lowest BCUT2D eigenvalue weighted by molar-refractivity contribution is 0.909. The second-order valence-corrected chi connectivity index (χ2v) is 3.72. The average molecular weight is 198 g/mol. The van der Waals surface area contributed by atoms with Crippen LogP contribution in [0.3, 0.4) is 0 Å². The minimum Gasteiger partial charge on any atom is -0.396 e. The van der Waals surface area contributed by atoms with E-state index in [0.717, 1.165) is 18.2 Å². The summed E-state index contributed by atoms with van der Waals surface area (Å²) < 4.78 is 0. The zero-order valence-corrected chi connectivity index (χ0v) is 8.71. The minimum absolute atomic E-state index is 0.599. The van der Waals surface area contributed by atoms with Crippen molar-refractivity contribution in [3.8, 4) is 0 Å². The Kier molecular flexibility index (Phi) is 3.82. The maximum absolute atomic E-state index is 5.48. The predicted molar refractivity (Wildman–Crippen MR) is 58.1 cm³/mol. The molecule has 0 bridgehead atoms. The van der Waals surface area contributed by atoms with Gasteiger partial charge in [0.15, 0.2) is 0 Å². The van der Waals surface area contributed by atoms with Crippen molar-refractivity contribution >= 4 is 23.4 Å². The van der Waals surface area contributed by atoms with E-state index in [1.54, 1.807) is 24.2 Å². The van der Waals surface area contributed by atoms with E-state index in [2.05, 4.69) is 16.2 Å². The van der Waals surface area contributed by atoms with Crippen LogP contribution in [0, 0.1) is 0 Å². The van der Waals surface area contributed by atoms with E-state index >= 15 is 0 Å². The van der Waals surface area contributed by atoms with Crippen LogP contribution in [0.2, 0.25) is 0 Å². The Bertz CT molecular complexity index is 249. The van der Waals surface area contributed by atoms with Gasteiger partial charge < -0.3 is 10.6 Å². The Morgan fingerprint density at radius 2 is 2.08 bits per heavy atom. The second-order valence-electron chi connectivity index (χ2n) is 2.73. The lowest BCUT2D eigenvalue weighted by Crippen LogP contribution is -2.22. The lowest BCUT2D eigenvalue weighted by atomic mass is 10.5. The smallest absolute Gasteiger partial charge is 0.225 e. The molecular weight excluding hydrogens is 184 g/mol. The summed E-state index contributed by atoms with van der Waals surface area (Å²) in [7, 11) is 1.97. The third kappa shape index (κ3) is 3.10. The molecule has 0 radical (unpaired) electrons. The molecule has 0 saturated carbocycles. The van der Waals surface area contributed by atoms with E-state index < -0.39 is 0 Å². The normalized spacial score (nSPS) is 10.0. The van der Waals surface area contributed by atoms with Crippen LogP contribution < -0.4 is 10.6 Å². The van der Waals surface area contributed by atoms with Crippen LogP contribution in [0.5, 0.6) is 0 Å². The first-order valence-electron chi connectivity index (χ1n) is 4.01. The van der Waals surface area contributed by atoms with Crippen LogP contribution in [-0.4, -0.2) is 35.6 Å². The van der Waals surface area contributed by atoms with E-state index in [9.17, 15) is 0 Å². The number of hydrogen-bond acceptors (Lipinski definition) is 5. The molecule has 0 atom stereocenters. The molecule has 1 heterocycles. The first kappa shape index (κ1) is 10.1. The second kappa shape index (κ2) is 4.91. The molecule has 1 rings (SSSR count). The summed E-state index contributed by atoms with van der Waals surface area (Å²) in [6, 6.07) is 0. The van der Waals surface area contributed by atoms with Crippen molar-refractivity contribution in [2.75, 3.05) is 36.2 Å². The molecule has 4 nitrogen and oxygen atoms in total.